The third-order valence-electron chi connectivity index (χ3n) is 6.81. The lowest BCUT2D eigenvalue weighted by atomic mass is 9.77. The molecule has 1 atom stereocenters. The van der Waals surface area contributed by atoms with Crippen LogP contribution in [-0.2, 0) is 16.2 Å². The number of anilines is 1. The summed E-state index contributed by atoms with van der Waals surface area (Å²) in [5.41, 5.74) is 5.39. The number of pyridine rings is 1. The Morgan fingerprint density at radius 2 is 1.89 bits per heavy atom. The maximum atomic E-state index is 13.3. The molecule has 0 saturated heterocycles. The van der Waals surface area contributed by atoms with Crippen LogP contribution in [0.25, 0.3) is 0 Å². The van der Waals surface area contributed by atoms with Crippen molar-refractivity contribution in [3.8, 4) is 11.5 Å². The third kappa shape index (κ3) is 4.44. The smallest absolute Gasteiger partial charge is 0.232 e. The normalized spacial score (nSPS) is 17.9. The molecular formula is C29H28N2O4. The highest BCUT2D eigenvalue weighted by atomic mass is 16.5. The highest BCUT2D eigenvalue weighted by molar-refractivity contribution is 6.07. The van der Waals surface area contributed by atoms with Gasteiger partial charge in [0.25, 0.3) is 0 Å². The fourth-order valence-electron chi connectivity index (χ4n) is 5.01. The summed E-state index contributed by atoms with van der Waals surface area (Å²) >= 11 is 0. The van der Waals surface area contributed by atoms with E-state index in [1.807, 2.05) is 42.5 Å². The monoisotopic (exact) mass is 468 g/mol. The van der Waals surface area contributed by atoms with Gasteiger partial charge in [-0.25, -0.2) is 0 Å². The first-order valence-corrected chi connectivity index (χ1v) is 11.9. The molecule has 0 spiro atoms. The minimum atomic E-state index is -0.308. The molecule has 2 aromatic carbocycles. The number of hydrogen-bond acceptors (Lipinski definition) is 5. The highest BCUT2D eigenvalue weighted by Gasteiger charge is 2.40. The van der Waals surface area contributed by atoms with Gasteiger partial charge in [-0.3, -0.25) is 19.5 Å². The lowest BCUT2D eigenvalue weighted by Crippen LogP contribution is -2.40. The Morgan fingerprint density at radius 1 is 1.03 bits per heavy atom. The second-order valence-electron chi connectivity index (χ2n) is 8.96. The van der Waals surface area contributed by atoms with E-state index < -0.39 is 0 Å². The Kier molecular flexibility index (Phi) is 6.36. The van der Waals surface area contributed by atoms with Crippen LogP contribution in [0.5, 0.6) is 11.5 Å². The second kappa shape index (κ2) is 9.74. The SMILES string of the molecule is COc1cc(C2CC(=O)N(c3cccnc3)C3=C2C(=O)CCC3)ccc1OCc1ccccc1C. The number of aryl methyl sites for hydroxylation is 1. The molecule has 1 aliphatic carbocycles. The topological polar surface area (TPSA) is 68.7 Å². The van der Waals surface area contributed by atoms with Gasteiger partial charge >= 0.3 is 0 Å². The maximum absolute atomic E-state index is 13.3. The van der Waals surface area contributed by atoms with Crippen LogP contribution in [0, 0.1) is 6.92 Å². The van der Waals surface area contributed by atoms with E-state index in [4.69, 9.17) is 9.47 Å². The molecule has 35 heavy (non-hydrogen) atoms. The molecule has 0 radical (unpaired) electrons. The number of methoxy groups -OCH3 is 1. The van der Waals surface area contributed by atoms with Gasteiger partial charge in [-0.2, -0.15) is 0 Å². The Balaban J connectivity index is 1.48. The quantitative estimate of drug-likeness (QED) is 0.477. The molecule has 2 aliphatic rings. The molecule has 1 unspecified atom stereocenters. The van der Waals surface area contributed by atoms with Crippen molar-refractivity contribution in [1.82, 2.24) is 4.98 Å². The van der Waals surface area contributed by atoms with E-state index in [0.717, 1.165) is 34.4 Å². The Morgan fingerprint density at radius 3 is 2.66 bits per heavy atom. The molecule has 1 aromatic heterocycles. The molecule has 1 amide bonds. The first kappa shape index (κ1) is 22.8. The largest absolute Gasteiger partial charge is 0.493 e. The molecule has 3 aromatic rings. The molecule has 2 heterocycles. The highest BCUT2D eigenvalue weighted by Crippen LogP contribution is 2.44. The summed E-state index contributed by atoms with van der Waals surface area (Å²) in [6, 6.07) is 17.5. The van der Waals surface area contributed by atoms with Crippen molar-refractivity contribution in [2.45, 2.75) is 45.1 Å². The number of aromatic nitrogens is 1. The fraction of sp³-hybridized carbons (Fsp3) is 0.276. The van der Waals surface area contributed by atoms with Gasteiger partial charge in [-0.1, -0.05) is 30.3 Å². The summed E-state index contributed by atoms with van der Waals surface area (Å²) < 4.78 is 11.7. The lowest BCUT2D eigenvalue weighted by Gasteiger charge is -2.38. The van der Waals surface area contributed by atoms with E-state index in [-0.39, 0.29) is 24.0 Å². The lowest BCUT2D eigenvalue weighted by molar-refractivity contribution is -0.119. The predicted octanol–water partition coefficient (Wildman–Crippen LogP) is 5.51. The Bertz CT molecular complexity index is 1300. The van der Waals surface area contributed by atoms with E-state index in [0.29, 0.717) is 36.6 Å². The molecule has 6 nitrogen and oxygen atoms in total. The van der Waals surface area contributed by atoms with Crippen LogP contribution in [0.15, 0.2) is 78.3 Å². The van der Waals surface area contributed by atoms with Gasteiger partial charge in [-0.15, -0.1) is 0 Å². The molecule has 1 aliphatic heterocycles. The fourth-order valence-corrected chi connectivity index (χ4v) is 5.01. The van der Waals surface area contributed by atoms with Crippen molar-refractivity contribution >= 4 is 17.4 Å². The zero-order valence-corrected chi connectivity index (χ0v) is 20.0. The molecule has 0 saturated carbocycles. The second-order valence-corrected chi connectivity index (χ2v) is 8.96. The van der Waals surface area contributed by atoms with Crippen LogP contribution in [0.4, 0.5) is 5.69 Å². The Labute approximate surface area is 205 Å². The average molecular weight is 469 g/mol. The first-order chi connectivity index (χ1) is 17.1. The molecule has 0 bridgehead atoms. The number of carbonyl (C=O) groups excluding carboxylic acids is 2. The molecular weight excluding hydrogens is 440 g/mol. The van der Waals surface area contributed by atoms with Gasteiger partial charge in [0.2, 0.25) is 5.91 Å². The van der Waals surface area contributed by atoms with Crippen molar-refractivity contribution in [1.29, 1.82) is 0 Å². The van der Waals surface area contributed by atoms with E-state index in [1.165, 1.54) is 0 Å². The third-order valence-corrected chi connectivity index (χ3v) is 6.81. The van der Waals surface area contributed by atoms with E-state index in [1.54, 1.807) is 30.5 Å². The number of benzene rings is 2. The molecule has 0 fully saturated rings. The van der Waals surface area contributed by atoms with E-state index in [9.17, 15) is 9.59 Å². The van der Waals surface area contributed by atoms with Gasteiger partial charge in [0.05, 0.1) is 19.0 Å². The van der Waals surface area contributed by atoms with Crippen molar-refractivity contribution in [3.63, 3.8) is 0 Å². The standard InChI is InChI=1S/C29H28N2O4/c1-19-7-3-4-8-21(19)18-35-26-13-12-20(15-27(26)34-2)23-16-28(33)31(22-9-6-14-30-17-22)24-10-5-11-25(32)29(23)24/h3-4,6-9,12-15,17,23H,5,10-11,16,18H2,1-2H3. The van der Waals surface area contributed by atoms with Crippen molar-refractivity contribution in [3.05, 3.63) is 95.0 Å². The van der Waals surface area contributed by atoms with Gasteiger partial charge in [0.15, 0.2) is 17.3 Å². The zero-order valence-electron chi connectivity index (χ0n) is 20.0. The van der Waals surface area contributed by atoms with Crippen LogP contribution < -0.4 is 14.4 Å². The summed E-state index contributed by atoms with van der Waals surface area (Å²) in [7, 11) is 1.60. The predicted molar refractivity (Wildman–Crippen MR) is 133 cm³/mol. The summed E-state index contributed by atoms with van der Waals surface area (Å²) in [6.45, 7) is 2.48. The van der Waals surface area contributed by atoms with E-state index >= 15 is 0 Å². The van der Waals surface area contributed by atoms with Gasteiger partial charge in [0, 0.05) is 36.2 Å². The minimum absolute atomic E-state index is 0.0321. The van der Waals surface area contributed by atoms with Gasteiger partial charge in [-0.05, 0) is 60.7 Å². The number of nitrogens with zero attached hydrogens (tertiary/aromatic N) is 2. The number of ether oxygens (including phenoxy) is 2. The molecule has 0 N–H and O–H groups in total. The number of hydrogen-bond donors (Lipinski definition) is 0. The Hall–Kier alpha value is -3.93. The molecule has 5 rings (SSSR count). The van der Waals surface area contributed by atoms with Crippen LogP contribution in [0.3, 0.4) is 0 Å². The summed E-state index contributed by atoms with van der Waals surface area (Å²) in [5, 5.41) is 0. The van der Waals surface area contributed by atoms with Gasteiger partial charge in [0.1, 0.15) is 6.61 Å². The van der Waals surface area contributed by atoms with Crippen molar-refractivity contribution < 1.29 is 19.1 Å². The minimum Gasteiger partial charge on any atom is -0.493 e. The van der Waals surface area contributed by atoms with Crippen molar-refractivity contribution in [2.24, 2.45) is 0 Å². The number of allylic oxidation sites excluding steroid dienone is 2. The number of carbonyl (C=O) groups is 2. The molecule has 178 valence electrons. The van der Waals surface area contributed by atoms with Crippen LogP contribution in [-0.4, -0.2) is 23.8 Å². The summed E-state index contributed by atoms with van der Waals surface area (Å²) in [4.78, 5) is 32.4. The first-order valence-electron chi connectivity index (χ1n) is 11.9. The average Bonchev–Trinajstić information content (AvgIpc) is 2.88. The number of rotatable bonds is 6. The van der Waals surface area contributed by atoms with E-state index in [2.05, 4.69) is 18.0 Å². The van der Waals surface area contributed by atoms with Crippen LogP contribution in [0.1, 0.15) is 48.3 Å². The maximum Gasteiger partial charge on any atom is 0.232 e. The van der Waals surface area contributed by atoms with Crippen LogP contribution >= 0.6 is 0 Å². The number of Topliss-reactive ketones (excluding diaryl/α,β-unsaturated/α-hetero) is 1. The number of amides is 1. The molecule has 6 heteroatoms. The van der Waals surface area contributed by atoms with Gasteiger partial charge < -0.3 is 9.47 Å². The summed E-state index contributed by atoms with van der Waals surface area (Å²) in [6.07, 6.45) is 5.49. The summed E-state index contributed by atoms with van der Waals surface area (Å²) in [5.74, 6) is 0.982. The van der Waals surface area contributed by atoms with Crippen LogP contribution in [0.2, 0.25) is 0 Å². The zero-order chi connectivity index (χ0) is 24.4. The van der Waals surface area contributed by atoms with Crippen molar-refractivity contribution in [2.75, 3.05) is 12.0 Å². The number of ketones is 1.